The lowest BCUT2D eigenvalue weighted by atomic mass is 10.1. The SMILES string of the molecule is CC(NC(=O)c1ccc(Br)cc1O)C(=O)NCc1ccccc1. The third kappa shape index (κ3) is 4.82. The number of rotatable bonds is 5. The van der Waals surface area contributed by atoms with Crippen molar-refractivity contribution in [2.45, 2.75) is 19.5 Å². The number of aromatic hydroxyl groups is 1. The molecule has 0 aliphatic carbocycles. The molecule has 1 atom stereocenters. The molecule has 2 amide bonds. The summed E-state index contributed by atoms with van der Waals surface area (Å²) in [6, 6.07) is 13.3. The number of hydrogen-bond acceptors (Lipinski definition) is 3. The number of carbonyl (C=O) groups is 2. The van der Waals surface area contributed by atoms with E-state index >= 15 is 0 Å². The van der Waals surface area contributed by atoms with Crippen LogP contribution in [0.1, 0.15) is 22.8 Å². The summed E-state index contributed by atoms with van der Waals surface area (Å²) in [5.41, 5.74) is 1.10. The third-order valence-electron chi connectivity index (χ3n) is 3.25. The number of amides is 2. The van der Waals surface area contributed by atoms with Gasteiger partial charge in [0.2, 0.25) is 5.91 Å². The summed E-state index contributed by atoms with van der Waals surface area (Å²) >= 11 is 3.21. The monoisotopic (exact) mass is 376 g/mol. The minimum absolute atomic E-state index is 0.121. The molecule has 0 aliphatic rings. The van der Waals surface area contributed by atoms with Crippen molar-refractivity contribution < 1.29 is 14.7 Å². The molecule has 23 heavy (non-hydrogen) atoms. The van der Waals surface area contributed by atoms with Crippen LogP contribution >= 0.6 is 15.9 Å². The van der Waals surface area contributed by atoms with Gasteiger partial charge in [-0.2, -0.15) is 0 Å². The molecule has 2 rings (SSSR count). The molecule has 5 nitrogen and oxygen atoms in total. The lowest BCUT2D eigenvalue weighted by molar-refractivity contribution is -0.122. The molecule has 0 saturated carbocycles. The standard InChI is InChI=1S/C17H17BrN2O3/c1-11(16(22)19-10-12-5-3-2-4-6-12)20-17(23)14-8-7-13(18)9-15(14)21/h2-9,11,21H,10H2,1H3,(H,19,22)(H,20,23). The zero-order valence-corrected chi connectivity index (χ0v) is 14.1. The van der Waals surface area contributed by atoms with Crippen molar-refractivity contribution in [2.75, 3.05) is 0 Å². The van der Waals surface area contributed by atoms with Crippen LogP contribution < -0.4 is 10.6 Å². The predicted octanol–water partition coefficient (Wildman–Crippen LogP) is 2.59. The normalized spacial score (nSPS) is 11.6. The molecule has 2 aromatic carbocycles. The maximum atomic E-state index is 12.1. The fourth-order valence-corrected chi connectivity index (χ4v) is 2.32. The highest BCUT2D eigenvalue weighted by Gasteiger charge is 2.18. The predicted molar refractivity (Wildman–Crippen MR) is 91.0 cm³/mol. The molecule has 0 saturated heterocycles. The smallest absolute Gasteiger partial charge is 0.255 e. The Morgan fingerprint density at radius 1 is 1.17 bits per heavy atom. The Balaban J connectivity index is 1.91. The first-order valence-electron chi connectivity index (χ1n) is 7.08. The van der Waals surface area contributed by atoms with Crippen molar-refractivity contribution in [2.24, 2.45) is 0 Å². The van der Waals surface area contributed by atoms with E-state index in [1.54, 1.807) is 13.0 Å². The summed E-state index contributed by atoms with van der Waals surface area (Å²) in [5.74, 6) is -0.940. The molecule has 0 fully saturated rings. The Kier molecular flexibility index (Phi) is 5.76. The van der Waals surface area contributed by atoms with Crippen LogP contribution in [0.2, 0.25) is 0 Å². The van der Waals surface area contributed by atoms with Crippen LogP contribution in [0.5, 0.6) is 5.75 Å². The van der Waals surface area contributed by atoms with E-state index in [9.17, 15) is 14.7 Å². The molecule has 0 bridgehead atoms. The van der Waals surface area contributed by atoms with Gasteiger partial charge in [-0.15, -0.1) is 0 Å². The van der Waals surface area contributed by atoms with Crippen molar-refractivity contribution >= 4 is 27.7 Å². The number of benzene rings is 2. The minimum atomic E-state index is -0.714. The van der Waals surface area contributed by atoms with Crippen molar-refractivity contribution in [3.63, 3.8) is 0 Å². The van der Waals surface area contributed by atoms with Gasteiger partial charge in [0.1, 0.15) is 11.8 Å². The fourth-order valence-electron chi connectivity index (χ4n) is 1.97. The second-order valence-electron chi connectivity index (χ2n) is 5.06. The molecule has 0 spiro atoms. The van der Waals surface area contributed by atoms with Gasteiger partial charge in [-0.3, -0.25) is 9.59 Å². The highest BCUT2D eigenvalue weighted by atomic mass is 79.9. The van der Waals surface area contributed by atoms with Gasteiger partial charge in [0.25, 0.3) is 5.91 Å². The second kappa shape index (κ2) is 7.78. The first-order chi connectivity index (χ1) is 11.0. The van der Waals surface area contributed by atoms with Gasteiger partial charge in [0.05, 0.1) is 5.56 Å². The van der Waals surface area contributed by atoms with Gasteiger partial charge in [0, 0.05) is 11.0 Å². The van der Waals surface area contributed by atoms with Crippen molar-refractivity contribution in [1.29, 1.82) is 0 Å². The van der Waals surface area contributed by atoms with Crippen LogP contribution in [0.4, 0.5) is 0 Å². The zero-order chi connectivity index (χ0) is 16.8. The van der Waals surface area contributed by atoms with E-state index in [2.05, 4.69) is 26.6 Å². The first kappa shape index (κ1) is 17.0. The van der Waals surface area contributed by atoms with E-state index in [4.69, 9.17) is 0 Å². The number of nitrogens with one attached hydrogen (secondary N) is 2. The van der Waals surface area contributed by atoms with Gasteiger partial charge in [-0.05, 0) is 30.7 Å². The van der Waals surface area contributed by atoms with Crippen LogP contribution in [-0.4, -0.2) is 23.0 Å². The van der Waals surface area contributed by atoms with Crippen LogP contribution in [0, 0.1) is 0 Å². The Bertz CT molecular complexity index is 704. The molecule has 2 aromatic rings. The van der Waals surface area contributed by atoms with Gasteiger partial charge in [-0.25, -0.2) is 0 Å². The maximum Gasteiger partial charge on any atom is 0.255 e. The molecule has 120 valence electrons. The first-order valence-corrected chi connectivity index (χ1v) is 7.87. The van der Waals surface area contributed by atoms with Gasteiger partial charge >= 0.3 is 0 Å². The van der Waals surface area contributed by atoms with Gasteiger partial charge in [-0.1, -0.05) is 46.3 Å². The Morgan fingerprint density at radius 2 is 1.87 bits per heavy atom. The van der Waals surface area contributed by atoms with Crippen LogP contribution in [-0.2, 0) is 11.3 Å². The lowest BCUT2D eigenvalue weighted by Crippen LogP contribution is -2.44. The van der Waals surface area contributed by atoms with Crippen molar-refractivity contribution in [1.82, 2.24) is 10.6 Å². The molecule has 0 radical (unpaired) electrons. The Morgan fingerprint density at radius 3 is 2.52 bits per heavy atom. The molecule has 6 heteroatoms. The number of hydrogen-bond donors (Lipinski definition) is 3. The van der Waals surface area contributed by atoms with E-state index < -0.39 is 11.9 Å². The van der Waals surface area contributed by atoms with Crippen LogP contribution in [0.15, 0.2) is 53.0 Å². The highest BCUT2D eigenvalue weighted by molar-refractivity contribution is 9.10. The molecule has 0 heterocycles. The zero-order valence-electron chi connectivity index (χ0n) is 12.5. The fraction of sp³-hybridized carbons (Fsp3) is 0.176. The minimum Gasteiger partial charge on any atom is -0.507 e. The Labute approximate surface area is 142 Å². The summed E-state index contributed by atoms with van der Waals surface area (Å²) in [4.78, 5) is 24.1. The van der Waals surface area contributed by atoms with E-state index in [1.807, 2.05) is 30.3 Å². The summed E-state index contributed by atoms with van der Waals surface area (Å²) in [7, 11) is 0. The molecule has 1 unspecified atom stereocenters. The largest absolute Gasteiger partial charge is 0.507 e. The van der Waals surface area contributed by atoms with E-state index in [1.165, 1.54) is 12.1 Å². The summed E-state index contributed by atoms with van der Waals surface area (Å²) in [6.45, 7) is 1.98. The summed E-state index contributed by atoms with van der Waals surface area (Å²) in [6.07, 6.45) is 0. The van der Waals surface area contributed by atoms with Crippen LogP contribution in [0.25, 0.3) is 0 Å². The highest BCUT2D eigenvalue weighted by Crippen LogP contribution is 2.22. The van der Waals surface area contributed by atoms with E-state index in [-0.39, 0.29) is 17.2 Å². The van der Waals surface area contributed by atoms with Crippen molar-refractivity contribution in [3.8, 4) is 5.75 Å². The average molecular weight is 377 g/mol. The van der Waals surface area contributed by atoms with Gasteiger partial charge in [0.15, 0.2) is 0 Å². The summed E-state index contributed by atoms with van der Waals surface area (Å²) < 4.78 is 0.667. The molecule has 0 aromatic heterocycles. The number of halogens is 1. The number of phenolic OH excluding ortho intramolecular Hbond substituents is 1. The average Bonchev–Trinajstić information content (AvgIpc) is 2.53. The molecular formula is C17H17BrN2O3. The topological polar surface area (TPSA) is 78.4 Å². The number of carbonyl (C=O) groups excluding carboxylic acids is 2. The molecule has 3 N–H and O–H groups in total. The van der Waals surface area contributed by atoms with E-state index in [0.717, 1.165) is 5.56 Å². The second-order valence-corrected chi connectivity index (χ2v) is 5.98. The van der Waals surface area contributed by atoms with E-state index in [0.29, 0.717) is 11.0 Å². The molecule has 0 aliphatic heterocycles. The van der Waals surface area contributed by atoms with Crippen LogP contribution in [0.3, 0.4) is 0 Å². The third-order valence-corrected chi connectivity index (χ3v) is 3.75. The molecular weight excluding hydrogens is 360 g/mol. The van der Waals surface area contributed by atoms with Crippen molar-refractivity contribution in [3.05, 3.63) is 64.1 Å². The maximum absolute atomic E-state index is 12.1. The summed E-state index contributed by atoms with van der Waals surface area (Å²) in [5, 5.41) is 15.1. The lowest BCUT2D eigenvalue weighted by Gasteiger charge is -2.15. The quantitative estimate of drug-likeness (QED) is 0.750. The van der Waals surface area contributed by atoms with Gasteiger partial charge < -0.3 is 15.7 Å². The number of phenols is 1. The Hall–Kier alpha value is -2.34.